The number of hydrogen-bond donors (Lipinski definition) is 2. The number of benzene rings is 1. The van der Waals surface area contributed by atoms with E-state index in [0.717, 1.165) is 5.52 Å². The summed E-state index contributed by atoms with van der Waals surface area (Å²) in [6, 6.07) is 4.49. The van der Waals surface area contributed by atoms with Crippen LogP contribution in [0, 0.1) is 10.1 Å². The summed E-state index contributed by atoms with van der Waals surface area (Å²) in [7, 11) is 0. The van der Waals surface area contributed by atoms with Crippen LogP contribution in [-0.2, 0) is 4.79 Å². The summed E-state index contributed by atoms with van der Waals surface area (Å²) >= 11 is 0. The number of primary amides is 1. The highest BCUT2D eigenvalue weighted by Gasteiger charge is 2.08. The van der Waals surface area contributed by atoms with Crippen LogP contribution in [0.15, 0.2) is 30.5 Å². The van der Waals surface area contributed by atoms with Gasteiger partial charge in [0.2, 0.25) is 5.91 Å². The van der Waals surface area contributed by atoms with Crippen molar-refractivity contribution in [2.24, 2.45) is 5.73 Å². The van der Waals surface area contributed by atoms with E-state index < -0.39 is 10.8 Å². The first-order chi connectivity index (χ1) is 8.08. The van der Waals surface area contributed by atoms with E-state index in [2.05, 4.69) is 4.98 Å². The number of carbonyl (C=O) groups excluding carboxylic acids is 1. The van der Waals surface area contributed by atoms with Gasteiger partial charge in [0.05, 0.1) is 4.92 Å². The van der Waals surface area contributed by atoms with Crippen molar-refractivity contribution in [3.8, 4) is 0 Å². The number of H-pyrrole nitrogens is 1. The molecule has 1 heterocycles. The van der Waals surface area contributed by atoms with Crippen molar-refractivity contribution in [3.05, 3.63) is 46.1 Å². The summed E-state index contributed by atoms with van der Waals surface area (Å²) < 4.78 is 0. The van der Waals surface area contributed by atoms with E-state index in [-0.39, 0.29) is 5.69 Å². The molecule has 0 aliphatic rings. The second-order valence-electron chi connectivity index (χ2n) is 3.47. The molecule has 0 atom stereocenters. The molecule has 1 aromatic carbocycles. The molecule has 6 nitrogen and oxygen atoms in total. The van der Waals surface area contributed by atoms with Crippen LogP contribution in [0.3, 0.4) is 0 Å². The molecule has 1 amide bonds. The Morgan fingerprint density at radius 2 is 2.24 bits per heavy atom. The van der Waals surface area contributed by atoms with Gasteiger partial charge in [-0.1, -0.05) is 0 Å². The van der Waals surface area contributed by atoms with Crippen LogP contribution in [0.4, 0.5) is 5.69 Å². The van der Waals surface area contributed by atoms with Gasteiger partial charge in [-0.25, -0.2) is 0 Å². The monoisotopic (exact) mass is 231 g/mol. The number of nitrogens with one attached hydrogen (secondary N) is 1. The number of aromatic nitrogens is 1. The molecule has 0 bridgehead atoms. The molecular formula is C11H9N3O3. The zero-order valence-corrected chi connectivity index (χ0v) is 8.71. The van der Waals surface area contributed by atoms with Crippen LogP contribution >= 0.6 is 0 Å². The normalized spacial score (nSPS) is 11.1. The fourth-order valence-electron chi connectivity index (χ4n) is 1.55. The highest BCUT2D eigenvalue weighted by atomic mass is 16.6. The average molecular weight is 231 g/mol. The molecule has 0 aliphatic carbocycles. The van der Waals surface area contributed by atoms with E-state index in [4.69, 9.17) is 5.73 Å². The van der Waals surface area contributed by atoms with Crippen molar-refractivity contribution >= 4 is 28.6 Å². The summed E-state index contributed by atoms with van der Waals surface area (Å²) in [6.45, 7) is 0. The number of rotatable bonds is 3. The molecular weight excluding hydrogens is 222 g/mol. The van der Waals surface area contributed by atoms with Gasteiger partial charge in [-0.15, -0.1) is 0 Å². The first-order valence-corrected chi connectivity index (χ1v) is 4.81. The minimum Gasteiger partial charge on any atom is -0.366 e. The van der Waals surface area contributed by atoms with Gasteiger partial charge in [-0.2, -0.15) is 0 Å². The second kappa shape index (κ2) is 4.09. The number of aromatic amines is 1. The zero-order chi connectivity index (χ0) is 12.4. The Bertz CT molecular complexity index is 628. The smallest absolute Gasteiger partial charge is 0.270 e. The van der Waals surface area contributed by atoms with Crippen molar-refractivity contribution in [1.29, 1.82) is 0 Å². The number of nitro groups is 1. The molecule has 3 N–H and O–H groups in total. The van der Waals surface area contributed by atoms with Crippen molar-refractivity contribution in [2.45, 2.75) is 0 Å². The van der Waals surface area contributed by atoms with Crippen LogP contribution in [0.25, 0.3) is 17.0 Å². The van der Waals surface area contributed by atoms with Crippen molar-refractivity contribution in [2.75, 3.05) is 0 Å². The lowest BCUT2D eigenvalue weighted by Gasteiger charge is -1.93. The Morgan fingerprint density at radius 1 is 1.47 bits per heavy atom. The van der Waals surface area contributed by atoms with Gasteiger partial charge in [0.15, 0.2) is 0 Å². The molecule has 0 saturated carbocycles. The zero-order valence-electron chi connectivity index (χ0n) is 8.71. The van der Waals surface area contributed by atoms with Gasteiger partial charge in [-0.3, -0.25) is 14.9 Å². The Morgan fingerprint density at radius 3 is 2.88 bits per heavy atom. The number of amides is 1. The number of nitro benzene ring substituents is 1. The number of fused-ring (bicyclic) bond motifs is 1. The van der Waals surface area contributed by atoms with Crippen molar-refractivity contribution in [3.63, 3.8) is 0 Å². The molecule has 6 heteroatoms. The third-order valence-electron chi connectivity index (χ3n) is 2.34. The fourth-order valence-corrected chi connectivity index (χ4v) is 1.55. The van der Waals surface area contributed by atoms with Gasteiger partial charge in [0.1, 0.15) is 0 Å². The molecule has 17 heavy (non-hydrogen) atoms. The van der Waals surface area contributed by atoms with E-state index in [9.17, 15) is 14.9 Å². The van der Waals surface area contributed by atoms with Crippen LogP contribution in [0.1, 0.15) is 5.56 Å². The van der Waals surface area contributed by atoms with E-state index in [1.165, 1.54) is 24.3 Å². The maximum absolute atomic E-state index is 10.6. The summed E-state index contributed by atoms with van der Waals surface area (Å²) in [4.78, 5) is 23.8. The standard InChI is InChI=1S/C11H9N3O3/c12-11(15)4-1-7-6-13-10-3-2-8(14(16)17)5-9(7)10/h1-6,13H,(H2,12,15)/b4-1+. The largest absolute Gasteiger partial charge is 0.366 e. The van der Waals surface area contributed by atoms with E-state index in [1.807, 2.05) is 0 Å². The Balaban J connectivity index is 2.54. The number of nitrogens with zero attached hydrogens (tertiary/aromatic N) is 1. The molecule has 0 aliphatic heterocycles. The summed E-state index contributed by atoms with van der Waals surface area (Å²) in [5.41, 5.74) is 6.44. The van der Waals surface area contributed by atoms with E-state index in [1.54, 1.807) is 12.3 Å². The fraction of sp³-hybridized carbons (Fsp3) is 0. The Kier molecular flexibility index (Phi) is 2.61. The predicted molar refractivity (Wildman–Crippen MR) is 63.2 cm³/mol. The van der Waals surface area contributed by atoms with Gasteiger partial charge in [0, 0.05) is 40.9 Å². The highest BCUT2D eigenvalue weighted by molar-refractivity contribution is 5.96. The maximum Gasteiger partial charge on any atom is 0.270 e. The lowest BCUT2D eigenvalue weighted by molar-refractivity contribution is -0.384. The van der Waals surface area contributed by atoms with Gasteiger partial charge in [0.25, 0.3) is 5.69 Å². The molecule has 86 valence electrons. The van der Waals surface area contributed by atoms with Gasteiger partial charge < -0.3 is 10.7 Å². The van der Waals surface area contributed by atoms with Gasteiger partial charge in [-0.05, 0) is 12.1 Å². The topological polar surface area (TPSA) is 102 Å². The average Bonchev–Trinajstić information content (AvgIpc) is 2.68. The molecule has 0 unspecified atom stereocenters. The summed E-state index contributed by atoms with van der Waals surface area (Å²) in [5, 5.41) is 11.3. The van der Waals surface area contributed by atoms with Crippen molar-refractivity contribution < 1.29 is 9.72 Å². The molecule has 0 fully saturated rings. The third-order valence-corrected chi connectivity index (χ3v) is 2.34. The maximum atomic E-state index is 10.6. The minimum atomic E-state index is -0.565. The van der Waals surface area contributed by atoms with Crippen LogP contribution in [-0.4, -0.2) is 15.8 Å². The number of carbonyl (C=O) groups is 1. The first-order valence-electron chi connectivity index (χ1n) is 4.81. The molecule has 0 spiro atoms. The van der Waals surface area contributed by atoms with Gasteiger partial charge >= 0.3 is 0 Å². The summed E-state index contributed by atoms with van der Waals surface area (Å²) in [5.74, 6) is -0.565. The Labute approximate surface area is 95.9 Å². The number of nitrogens with two attached hydrogens (primary N) is 1. The molecule has 1 aromatic heterocycles. The molecule has 2 aromatic rings. The lowest BCUT2D eigenvalue weighted by Crippen LogP contribution is -2.04. The predicted octanol–water partition coefficient (Wildman–Crippen LogP) is 1.57. The SMILES string of the molecule is NC(=O)/C=C/c1c[nH]c2ccc([N+](=O)[O-])cc12. The highest BCUT2D eigenvalue weighted by Crippen LogP contribution is 2.24. The lowest BCUT2D eigenvalue weighted by atomic mass is 10.1. The first kappa shape index (κ1) is 10.9. The quantitative estimate of drug-likeness (QED) is 0.476. The summed E-state index contributed by atoms with van der Waals surface area (Å²) in [6.07, 6.45) is 4.39. The minimum absolute atomic E-state index is 0.00539. The second-order valence-corrected chi connectivity index (χ2v) is 3.47. The molecule has 0 saturated heterocycles. The van der Waals surface area contributed by atoms with Crippen LogP contribution in [0.5, 0.6) is 0 Å². The number of hydrogen-bond acceptors (Lipinski definition) is 3. The van der Waals surface area contributed by atoms with Crippen LogP contribution in [0.2, 0.25) is 0 Å². The number of non-ortho nitro benzene ring substituents is 1. The molecule has 0 radical (unpaired) electrons. The van der Waals surface area contributed by atoms with E-state index in [0.29, 0.717) is 10.9 Å². The van der Waals surface area contributed by atoms with Crippen molar-refractivity contribution in [1.82, 2.24) is 4.98 Å². The third kappa shape index (κ3) is 2.15. The molecule has 2 rings (SSSR count). The Hall–Kier alpha value is -2.63. The van der Waals surface area contributed by atoms with Crippen LogP contribution < -0.4 is 5.73 Å². The van der Waals surface area contributed by atoms with E-state index >= 15 is 0 Å².